The van der Waals surface area contributed by atoms with E-state index in [2.05, 4.69) is 35.6 Å². The lowest BCUT2D eigenvalue weighted by atomic mass is 10.0. The summed E-state index contributed by atoms with van der Waals surface area (Å²) in [6.07, 6.45) is 2.69. The van der Waals surface area contributed by atoms with Gasteiger partial charge in [-0.25, -0.2) is 0 Å². The molecule has 0 saturated heterocycles. The number of ether oxygens (including phenoxy) is 2. The minimum Gasteiger partial charge on any atom is -0.382 e. The molecule has 1 aliphatic rings. The second kappa shape index (κ2) is 7.52. The van der Waals surface area contributed by atoms with E-state index in [4.69, 9.17) is 9.47 Å². The lowest BCUT2D eigenvalue weighted by Gasteiger charge is -2.18. The van der Waals surface area contributed by atoms with Crippen molar-refractivity contribution in [3.63, 3.8) is 0 Å². The Balaban J connectivity index is 1.71. The van der Waals surface area contributed by atoms with Crippen molar-refractivity contribution in [3.05, 3.63) is 35.9 Å². The highest BCUT2D eigenvalue weighted by atomic mass is 16.5. The first kappa shape index (κ1) is 13.5. The maximum Gasteiger partial charge on any atom is 0.0700 e. The number of nitrogens with one attached hydrogen (secondary N) is 1. The molecular formula is C15H23NO2. The van der Waals surface area contributed by atoms with Crippen LogP contribution in [-0.2, 0) is 9.47 Å². The summed E-state index contributed by atoms with van der Waals surface area (Å²) in [6, 6.07) is 11.2. The zero-order valence-electron chi connectivity index (χ0n) is 11.1. The summed E-state index contributed by atoms with van der Waals surface area (Å²) in [7, 11) is 1.69. The van der Waals surface area contributed by atoms with Gasteiger partial charge in [0, 0.05) is 19.7 Å². The van der Waals surface area contributed by atoms with Crippen molar-refractivity contribution in [1.29, 1.82) is 0 Å². The summed E-state index contributed by atoms with van der Waals surface area (Å²) >= 11 is 0. The van der Waals surface area contributed by atoms with Crippen molar-refractivity contribution in [2.75, 3.05) is 33.5 Å². The lowest BCUT2D eigenvalue weighted by molar-refractivity contribution is 0.0707. The number of methoxy groups -OCH3 is 1. The molecule has 3 heteroatoms. The van der Waals surface area contributed by atoms with Crippen LogP contribution >= 0.6 is 0 Å². The van der Waals surface area contributed by atoms with Crippen molar-refractivity contribution >= 4 is 0 Å². The summed E-state index contributed by atoms with van der Waals surface area (Å²) in [5.41, 5.74) is 1.40. The van der Waals surface area contributed by atoms with Crippen molar-refractivity contribution in [2.45, 2.75) is 18.9 Å². The molecule has 100 valence electrons. The van der Waals surface area contributed by atoms with Gasteiger partial charge in [0.25, 0.3) is 0 Å². The van der Waals surface area contributed by atoms with Crippen molar-refractivity contribution in [1.82, 2.24) is 5.32 Å². The zero-order chi connectivity index (χ0) is 12.6. The van der Waals surface area contributed by atoms with Crippen molar-refractivity contribution in [3.8, 4) is 0 Å². The molecule has 1 saturated carbocycles. The molecule has 3 nitrogen and oxygen atoms in total. The van der Waals surface area contributed by atoms with E-state index in [9.17, 15) is 0 Å². The zero-order valence-corrected chi connectivity index (χ0v) is 11.1. The van der Waals surface area contributed by atoms with Gasteiger partial charge in [0.1, 0.15) is 0 Å². The molecule has 18 heavy (non-hydrogen) atoms. The fourth-order valence-corrected chi connectivity index (χ4v) is 2.18. The van der Waals surface area contributed by atoms with Crippen LogP contribution in [0.1, 0.15) is 24.4 Å². The Bertz CT molecular complexity index is 325. The molecule has 0 aliphatic heterocycles. The highest BCUT2D eigenvalue weighted by molar-refractivity contribution is 5.21. The minimum atomic E-state index is 0.497. The Labute approximate surface area is 109 Å². The Morgan fingerprint density at radius 1 is 1.17 bits per heavy atom. The summed E-state index contributed by atoms with van der Waals surface area (Å²) in [4.78, 5) is 0. The maximum absolute atomic E-state index is 5.47. The third-order valence-corrected chi connectivity index (χ3v) is 3.29. The summed E-state index contributed by atoms with van der Waals surface area (Å²) in [5.74, 6) is 0.811. The number of benzene rings is 1. The third kappa shape index (κ3) is 4.41. The first-order valence-corrected chi connectivity index (χ1v) is 6.77. The average Bonchev–Trinajstić information content (AvgIpc) is 3.23. The van der Waals surface area contributed by atoms with Gasteiger partial charge < -0.3 is 14.8 Å². The Morgan fingerprint density at radius 3 is 2.61 bits per heavy atom. The van der Waals surface area contributed by atoms with Gasteiger partial charge in [-0.05, 0) is 24.3 Å². The van der Waals surface area contributed by atoms with Crippen LogP contribution in [0.2, 0.25) is 0 Å². The predicted molar refractivity (Wildman–Crippen MR) is 72.6 cm³/mol. The minimum absolute atomic E-state index is 0.497. The molecule has 1 aromatic rings. The van der Waals surface area contributed by atoms with E-state index in [1.807, 2.05) is 0 Å². The van der Waals surface area contributed by atoms with E-state index in [1.165, 1.54) is 18.4 Å². The fourth-order valence-electron chi connectivity index (χ4n) is 2.18. The second-order valence-electron chi connectivity index (χ2n) is 4.79. The Morgan fingerprint density at radius 2 is 1.94 bits per heavy atom. The molecule has 1 aliphatic carbocycles. The highest BCUT2D eigenvalue weighted by Gasteiger charge is 2.31. The van der Waals surface area contributed by atoms with E-state index in [1.54, 1.807) is 7.11 Å². The Kier molecular flexibility index (Phi) is 5.65. The molecular weight excluding hydrogens is 226 g/mol. The summed E-state index contributed by atoms with van der Waals surface area (Å²) in [5, 5.41) is 3.61. The van der Waals surface area contributed by atoms with E-state index >= 15 is 0 Å². The number of rotatable bonds is 9. The second-order valence-corrected chi connectivity index (χ2v) is 4.79. The molecule has 0 radical (unpaired) electrons. The SMILES string of the molecule is COCCOCCNC(c1ccccc1)C1CC1. The summed E-state index contributed by atoms with van der Waals surface area (Å²) in [6.45, 7) is 3.00. The molecule has 0 heterocycles. The highest BCUT2D eigenvalue weighted by Crippen LogP contribution is 2.40. The predicted octanol–water partition coefficient (Wildman–Crippen LogP) is 2.39. The topological polar surface area (TPSA) is 30.5 Å². The molecule has 0 aromatic heterocycles. The Hall–Kier alpha value is -0.900. The average molecular weight is 249 g/mol. The van der Waals surface area contributed by atoms with Crippen LogP contribution in [0.4, 0.5) is 0 Å². The van der Waals surface area contributed by atoms with Gasteiger partial charge in [0.2, 0.25) is 0 Å². The van der Waals surface area contributed by atoms with Gasteiger partial charge in [0.05, 0.1) is 19.8 Å². The number of hydrogen-bond donors (Lipinski definition) is 1. The van der Waals surface area contributed by atoms with E-state index in [0.717, 1.165) is 19.1 Å². The van der Waals surface area contributed by atoms with E-state index < -0.39 is 0 Å². The quantitative estimate of drug-likeness (QED) is 0.682. The molecule has 2 rings (SSSR count). The van der Waals surface area contributed by atoms with Crippen LogP contribution < -0.4 is 5.32 Å². The first-order valence-electron chi connectivity index (χ1n) is 6.77. The maximum atomic E-state index is 5.47. The van der Waals surface area contributed by atoms with Crippen LogP contribution in [0.3, 0.4) is 0 Å². The van der Waals surface area contributed by atoms with Crippen LogP contribution in [0, 0.1) is 5.92 Å². The molecule has 1 unspecified atom stereocenters. The largest absolute Gasteiger partial charge is 0.382 e. The van der Waals surface area contributed by atoms with E-state index in [-0.39, 0.29) is 0 Å². The van der Waals surface area contributed by atoms with Gasteiger partial charge in [-0.1, -0.05) is 30.3 Å². The molecule has 1 N–H and O–H groups in total. The monoisotopic (exact) mass is 249 g/mol. The number of hydrogen-bond acceptors (Lipinski definition) is 3. The smallest absolute Gasteiger partial charge is 0.0700 e. The van der Waals surface area contributed by atoms with Crippen molar-refractivity contribution < 1.29 is 9.47 Å². The van der Waals surface area contributed by atoms with Gasteiger partial charge >= 0.3 is 0 Å². The molecule has 1 atom stereocenters. The van der Waals surface area contributed by atoms with Gasteiger partial charge in [0.15, 0.2) is 0 Å². The van der Waals surface area contributed by atoms with Crippen LogP contribution in [0.15, 0.2) is 30.3 Å². The van der Waals surface area contributed by atoms with E-state index in [0.29, 0.717) is 19.3 Å². The first-order chi connectivity index (χ1) is 8.92. The van der Waals surface area contributed by atoms with Crippen LogP contribution in [-0.4, -0.2) is 33.5 Å². The van der Waals surface area contributed by atoms with Crippen molar-refractivity contribution in [2.24, 2.45) is 5.92 Å². The molecule has 0 spiro atoms. The molecule has 1 aromatic carbocycles. The van der Waals surface area contributed by atoms with Crippen LogP contribution in [0.25, 0.3) is 0 Å². The summed E-state index contributed by atoms with van der Waals surface area (Å²) < 4.78 is 10.4. The molecule has 0 amide bonds. The van der Waals surface area contributed by atoms with Crippen LogP contribution in [0.5, 0.6) is 0 Å². The standard InChI is InChI=1S/C15H23NO2/c1-17-11-12-18-10-9-16-15(14-7-8-14)13-5-3-2-4-6-13/h2-6,14-16H,7-12H2,1H3. The normalized spacial score (nSPS) is 16.7. The molecule has 0 bridgehead atoms. The third-order valence-electron chi connectivity index (χ3n) is 3.29. The van der Waals surface area contributed by atoms with Gasteiger partial charge in [-0.15, -0.1) is 0 Å². The fraction of sp³-hybridized carbons (Fsp3) is 0.600. The van der Waals surface area contributed by atoms with Gasteiger partial charge in [-0.3, -0.25) is 0 Å². The van der Waals surface area contributed by atoms with Gasteiger partial charge in [-0.2, -0.15) is 0 Å². The lowest BCUT2D eigenvalue weighted by Crippen LogP contribution is -2.27. The molecule has 1 fully saturated rings.